The highest BCUT2D eigenvalue weighted by Crippen LogP contribution is 2.59. The van der Waals surface area contributed by atoms with E-state index in [1.54, 1.807) is 12.0 Å². The molecule has 4 saturated heterocycles. The second-order valence-electron chi connectivity index (χ2n) is 12.4. The first kappa shape index (κ1) is 28.2. The van der Waals surface area contributed by atoms with Crippen LogP contribution in [0.5, 0.6) is 0 Å². The van der Waals surface area contributed by atoms with Gasteiger partial charge in [0.1, 0.15) is 23.4 Å². The topological polar surface area (TPSA) is 70.3 Å². The zero-order valence-electron chi connectivity index (χ0n) is 23.4. The van der Waals surface area contributed by atoms with Crippen LogP contribution in [-0.2, 0) is 18.9 Å². The number of rotatable bonds is 10. The van der Waals surface area contributed by atoms with Crippen LogP contribution >= 0.6 is 0 Å². The standard InChI is InChI=1S/C28H45F2N3O5/c1-19(2)5-6-22-27(3,38-22)25-24(35-4)21(7-9-28(25)18-36-28)37-26(34)33-15-20(16-33)8-10-31-11-13-32(14-12-31)17-23(29)30/h5,20-25H,6-18H2,1-4H3/t21-,22-,24-,25?,27+,28+/m1/s1. The molecule has 5 aliphatic rings. The third-order valence-corrected chi connectivity index (χ3v) is 9.42. The summed E-state index contributed by atoms with van der Waals surface area (Å²) in [6.07, 6.45) is 2.67. The Balaban J connectivity index is 1.07. The van der Waals surface area contributed by atoms with Gasteiger partial charge in [-0.05, 0) is 58.9 Å². The van der Waals surface area contributed by atoms with E-state index < -0.39 is 6.43 Å². The van der Waals surface area contributed by atoms with Gasteiger partial charge in [-0.25, -0.2) is 13.6 Å². The van der Waals surface area contributed by atoms with E-state index in [2.05, 4.69) is 31.7 Å². The predicted octanol–water partition coefficient (Wildman–Crippen LogP) is 3.40. The number of amides is 1. The highest BCUT2D eigenvalue weighted by Gasteiger charge is 2.72. The molecule has 1 amide bonds. The average molecular weight is 542 g/mol. The van der Waals surface area contributed by atoms with Crippen LogP contribution in [0.1, 0.15) is 46.5 Å². The van der Waals surface area contributed by atoms with Crippen LogP contribution in [0.25, 0.3) is 0 Å². The molecule has 216 valence electrons. The van der Waals surface area contributed by atoms with Gasteiger partial charge in [0.15, 0.2) is 0 Å². The number of epoxide rings is 2. The Labute approximate surface area is 225 Å². The molecule has 0 aromatic heterocycles. The number of allylic oxidation sites excluding steroid dienone is 1. The van der Waals surface area contributed by atoms with Gasteiger partial charge in [0, 0.05) is 46.4 Å². The first-order valence-corrected chi connectivity index (χ1v) is 14.3. The number of ether oxygens (including phenoxy) is 4. The lowest BCUT2D eigenvalue weighted by molar-refractivity contribution is -0.124. The van der Waals surface area contributed by atoms with Crippen molar-refractivity contribution in [1.29, 1.82) is 0 Å². The van der Waals surface area contributed by atoms with Gasteiger partial charge in [-0.1, -0.05) is 11.6 Å². The van der Waals surface area contributed by atoms with Gasteiger partial charge < -0.3 is 28.7 Å². The predicted molar refractivity (Wildman–Crippen MR) is 138 cm³/mol. The minimum absolute atomic E-state index is 0.0208. The largest absolute Gasteiger partial charge is 0.443 e. The lowest BCUT2D eigenvalue weighted by Crippen LogP contribution is -2.57. The molecule has 0 bridgehead atoms. The first-order chi connectivity index (χ1) is 18.1. The number of alkyl halides is 2. The van der Waals surface area contributed by atoms with Crippen molar-refractivity contribution in [2.45, 2.75) is 82.4 Å². The molecule has 1 saturated carbocycles. The number of methoxy groups -OCH3 is 1. The third-order valence-electron chi connectivity index (χ3n) is 9.42. The Morgan fingerprint density at radius 3 is 2.45 bits per heavy atom. The minimum atomic E-state index is -2.27. The smallest absolute Gasteiger partial charge is 0.410 e. The number of halogens is 2. The van der Waals surface area contributed by atoms with E-state index in [0.29, 0.717) is 38.7 Å². The summed E-state index contributed by atoms with van der Waals surface area (Å²) in [4.78, 5) is 19.0. The van der Waals surface area contributed by atoms with Crippen molar-refractivity contribution >= 4 is 6.09 Å². The van der Waals surface area contributed by atoms with Crippen LogP contribution in [0.4, 0.5) is 13.6 Å². The van der Waals surface area contributed by atoms with Gasteiger partial charge in [-0.2, -0.15) is 0 Å². The number of likely N-dealkylation sites (tertiary alicyclic amines) is 1. The fraction of sp³-hybridized carbons (Fsp3) is 0.893. The molecular formula is C28H45F2N3O5. The molecule has 5 rings (SSSR count). The number of piperazine rings is 1. The maximum atomic E-state index is 13.0. The van der Waals surface area contributed by atoms with E-state index in [9.17, 15) is 13.6 Å². The molecule has 38 heavy (non-hydrogen) atoms. The molecule has 0 aromatic rings. The molecule has 1 aliphatic carbocycles. The SMILES string of the molecule is CO[C@H]1C([C@@]2(C)O[C@@H]2CC=C(C)C)[C@]2(CC[C@H]1OC(=O)N1CC(CCN3CCN(CC(F)F)CC3)C1)CO2. The number of hydrogen-bond acceptors (Lipinski definition) is 7. The Bertz CT molecular complexity index is 869. The maximum absolute atomic E-state index is 13.0. The maximum Gasteiger partial charge on any atom is 0.410 e. The molecule has 1 spiro atoms. The van der Waals surface area contributed by atoms with Crippen molar-refractivity contribution in [1.82, 2.24) is 14.7 Å². The van der Waals surface area contributed by atoms with Crippen molar-refractivity contribution in [3.63, 3.8) is 0 Å². The molecule has 10 heteroatoms. The lowest BCUT2D eigenvalue weighted by Gasteiger charge is -2.45. The van der Waals surface area contributed by atoms with Crippen LogP contribution in [0.2, 0.25) is 0 Å². The Kier molecular flexibility index (Phi) is 8.37. The molecular weight excluding hydrogens is 496 g/mol. The van der Waals surface area contributed by atoms with Crippen molar-refractivity contribution in [2.75, 3.05) is 66.1 Å². The lowest BCUT2D eigenvalue weighted by atomic mass is 9.68. The number of carbonyl (C=O) groups is 1. The minimum Gasteiger partial charge on any atom is -0.443 e. The molecule has 1 unspecified atom stereocenters. The van der Waals surface area contributed by atoms with Crippen LogP contribution in [0.15, 0.2) is 11.6 Å². The Hall–Kier alpha value is -1.33. The Morgan fingerprint density at radius 2 is 1.84 bits per heavy atom. The molecule has 0 aromatic carbocycles. The summed E-state index contributed by atoms with van der Waals surface area (Å²) < 4.78 is 49.5. The van der Waals surface area contributed by atoms with Gasteiger partial charge >= 0.3 is 6.09 Å². The summed E-state index contributed by atoms with van der Waals surface area (Å²) in [6.45, 7) is 12.3. The van der Waals surface area contributed by atoms with Crippen LogP contribution in [0.3, 0.4) is 0 Å². The summed E-state index contributed by atoms with van der Waals surface area (Å²) in [5, 5.41) is 0. The normalized spacial score (nSPS) is 37.8. The summed E-state index contributed by atoms with van der Waals surface area (Å²) in [6, 6.07) is 0. The fourth-order valence-electron chi connectivity index (χ4n) is 6.93. The molecule has 4 aliphatic heterocycles. The monoisotopic (exact) mass is 541 g/mol. The second kappa shape index (κ2) is 11.3. The number of hydrogen-bond donors (Lipinski definition) is 0. The van der Waals surface area contributed by atoms with Crippen LogP contribution in [0, 0.1) is 11.8 Å². The van der Waals surface area contributed by atoms with Gasteiger partial charge in [-0.15, -0.1) is 0 Å². The molecule has 0 radical (unpaired) electrons. The highest BCUT2D eigenvalue weighted by molar-refractivity contribution is 5.69. The van der Waals surface area contributed by atoms with Gasteiger partial charge in [-0.3, -0.25) is 4.90 Å². The fourth-order valence-corrected chi connectivity index (χ4v) is 6.93. The van der Waals surface area contributed by atoms with Gasteiger partial charge in [0.2, 0.25) is 0 Å². The van der Waals surface area contributed by atoms with E-state index >= 15 is 0 Å². The van der Waals surface area contributed by atoms with Crippen molar-refractivity contribution in [3.05, 3.63) is 11.6 Å². The third kappa shape index (κ3) is 6.04. The van der Waals surface area contributed by atoms with Crippen molar-refractivity contribution < 1.29 is 32.5 Å². The quantitative estimate of drug-likeness (QED) is 0.310. The molecule has 5 fully saturated rings. The van der Waals surface area contributed by atoms with Gasteiger partial charge in [0.25, 0.3) is 6.43 Å². The summed E-state index contributed by atoms with van der Waals surface area (Å²) >= 11 is 0. The zero-order valence-corrected chi connectivity index (χ0v) is 23.4. The summed E-state index contributed by atoms with van der Waals surface area (Å²) in [5.41, 5.74) is 0.700. The van der Waals surface area contributed by atoms with Crippen molar-refractivity contribution in [2.24, 2.45) is 11.8 Å². The van der Waals surface area contributed by atoms with E-state index in [1.807, 2.05) is 4.90 Å². The van der Waals surface area contributed by atoms with E-state index in [4.69, 9.17) is 18.9 Å². The van der Waals surface area contributed by atoms with Crippen LogP contribution in [-0.4, -0.2) is 123 Å². The average Bonchev–Trinajstić information content (AvgIpc) is 3.75. The van der Waals surface area contributed by atoms with E-state index in [-0.39, 0.29) is 48.1 Å². The number of nitrogens with zero attached hydrogens (tertiary/aromatic N) is 3. The van der Waals surface area contributed by atoms with Crippen molar-refractivity contribution in [3.8, 4) is 0 Å². The molecule has 4 heterocycles. The summed E-state index contributed by atoms with van der Waals surface area (Å²) in [5.74, 6) is 0.476. The van der Waals surface area contributed by atoms with E-state index in [0.717, 1.165) is 45.3 Å². The zero-order chi connectivity index (χ0) is 27.1. The molecule has 0 N–H and O–H groups in total. The molecule has 8 nitrogen and oxygen atoms in total. The van der Waals surface area contributed by atoms with Crippen LogP contribution < -0.4 is 0 Å². The summed E-state index contributed by atoms with van der Waals surface area (Å²) in [7, 11) is 1.70. The number of carbonyl (C=O) groups excluding carboxylic acids is 1. The molecule has 6 atom stereocenters. The first-order valence-electron chi connectivity index (χ1n) is 14.3. The van der Waals surface area contributed by atoms with Gasteiger partial charge in [0.05, 0.1) is 25.2 Å². The highest BCUT2D eigenvalue weighted by atomic mass is 19.3. The Morgan fingerprint density at radius 1 is 1.16 bits per heavy atom. The van der Waals surface area contributed by atoms with E-state index in [1.165, 1.54) is 5.57 Å². The second-order valence-corrected chi connectivity index (χ2v) is 12.4.